The zero-order valence-electron chi connectivity index (χ0n) is 19.3. The van der Waals surface area contributed by atoms with Crippen LogP contribution in [-0.2, 0) is 10.9 Å². The van der Waals surface area contributed by atoms with Gasteiger partial charge in [-0.3, -0.25) is 0 Å². The van der Waals surface area contributed by atoms with Gasteiger partial charge in [0.2, 0.25) is 8.38 Å². The van der Waals surface area contributed by atoms with Crippen molar-refractivity contribution in [1.82, 2.24) is 0 Å². The highest BCUT2D eigenvalue weighted by molar-refractivity contribution is 7.55. The lowest BCUT2D eigenvalue weighted by atomic mass is 9.96. The molecule has 2 nitrogen and oxygen atoms in total. The molecule has 0 amide bonds. The third-order valence-corrected chi connectivity index (χ3v) is 6.97. The Hall–Kier alpha value is -2.91. The molecule has 0 aliphatic heterocycles. The standard InChI is InChI=1S/C29H27F2O2P/c1-3-5-20-6-8-21(9-7-20)26-16-12-23(18-28(26)30)24-13-17-27(29(31)19-24)22-10-14-25(15-11-22)34(32)33-4-2/h6-19,32H,3-5H2,1-2H3. The van der Waals surface area contributed by atoms with Gasteiger partial charge in [-0.1, -0.05) is 74.0 Å². The summed E-state index contributed by atoms with van der Waals surface area (Å²) in [6, 6.07) is 24.9. The Morgan fingerprint density at radius 2 is 1.15 bits per heavy atom. The van der Waals surface area contributed by atoms with Crippen LogP contribution in [0.3, 0.4) is 0 Å². The first-order valence-corrected chi connectivity index (χ1v) is 12.6. The molecule has 0 aromatic heterocycles. The zero-order valence-corrected chi connectivity index (χ0v) is 20.2. The molecule has 1 atom stereocenters. The van der Waals surface area contributed by atoms with E-state index in [-0.39, 0.29) is 5.82 Å². The molecule has 0 bridgehead atoms. The van der Waals surface area contributed by atoms with E-state index < -0.39 is 14.2 Å². The molecule has 0 radical (unpaired) electrons. The van der Waals surface area contributed by atoms with E-state index in [0.29, 0.717) is 39.7 Å². The van der Waals surface area contributed by atoms with Crippen molar-refractivity contribution in [1.29, 1.82) is 0 Å². The summed E-state index contributed by atoms with van der Waals surface area (Å²) in [6.07, 6.45) is 2.07. The van der Waals surface area contributed by atoms with Crippen LogP contribution in [0.4, 0.5) is 8.78 Å². The molecule has 1 N–H and O–H groups in total. The third-order valence-electron chi connectivity index (χ3n) is 5.73. The molecular weight excluding hydrogens is 449 g/mol. The fraction of sp³-hybridized carbons (Fsp3) is 0.172. The van der Waals surface area contributed by atoms with Crippen LogP contribution in [0.15, 0.2) is 84.9 Å². The predicted octanol–water partition coefficient (Wildman–Crippen LogP) is 7.88. The van der Waals surface area contributed by atoms with Gasteiger partial charge in [-0.05, 0) is 65.4 Å². The highest BCUT2D eigenvalue weighted by Crippen LogP contribution is 2.33. The van der Waals surface area contributed by atoms with Crippen LogP contribution in [0, 0.1) is 11.6 Å². The summed E-state index contributed by atoms with van der Waals surface area (Å²) in [7, 11) is -1.66. The molecule has 5 heteroatoms. The van der Waals surface area contributed by atoms with Crippen molar-refractivity contribution in [2.24, 2.45) is 0 Å². The molecule has 0 aliphatic carbocycles. The maximum Gasteiger partial charge on any atom is 0.202 e. The monoisotopic (exact) mass is 476 g/mol. The maximum atomic E-state index is 15.0. The van der Waals surface area contributed by atoms with Gasteiger partial charge in [-0.2, -0.15) is 0 Å². The lowest BCUT2D eigenvalue weighted by molar-refractivity contribution is 0.337. The normalized spacial score (nSPS) is 12.0. The van der Waals surface area contributed by atoms with Crippen molar-refractivity contribution in [2.45, 2.75) is 26.7 Å². The Kier molecular flexibility index (Phi) is 7.84. The van der Waals surface area contributed by atoms with Crippen LogP contribution < -0.4 is 5.30 Å². The van der Waals surface area contributed by atoms with Crippen LogP contribution in [0.5, 0.6) is 0 Å². The van der Waals surface area contributed by atoms with Gasteiger partial charge >= 0.3 is 0 Å². The average Bonchev–Trinajstić information content (AvgIpc) is 2.85. The van der Waals surface area contributed by atoms with Crippen molar-refractivity contribution < 1.29 is 18.2 Å². The van der Waals surface area contributed by atoms with Gasteiger partial charge in [0.05, 0.1) is 6.61 Å². The Labute approximate surface area is 200 Å². The van der Waals surface area contributed by atoms with Crippen molar-refractivity contribution >= 4 is 13.7 Å². The van der Waals surface area contributed by atoms with Crippen LogP contribution in [0.2, 0.25) is 0 Å². The fourth-order valence-corrected chi connectivity index (χ4v) is 4.76. The molecule has 0 aliphatic rings. The minimum absolute atomic E-state index is 0.337. The average molecular weight is 477 g/mol. The van der Waals surface area contributed by atoms with Gasteiger partial charge in [0.1, 0.15) is 11.6 Å². The number of hydrogen-bond acceptors (Lipinski definition) is 2. The van der Waals surface area contributed by atoms with Crippen molar-refractivity contribution in [3.63, 3.8) is 0 Å². The molecule has 0 saturated heterocycles. The Bertz CT molecular complexity index is 1250. The number of hydrogen-bond donors (Lipinski definition) is 1. The summed E-state index contributed by atoms with van der Waals surface area (Å²) in [6.45, 7) is 4.38. The second-order valence-electron chi connectivity index (χ2n) is 8.07. The second-order valence-corrected chi connectivity index (χ2v) is 9.39. The largest absolute Gasteiger partial charge is 0.346 e. The number of rotatable bonds is 8. The second kappa shape index (κ2) is 11.0. The third kappa shape index (κ3) is 5.42. The summed E-state index contributed by atoms with van der Waals surface area (Å²) in [5, 5.41) is 0.674. The molecule has 1 unspecified atom stereocenters. The molecular formula is C29H27F2O2P. The molecule has 0 heterocycles. The molecule has 0 spiro atoms. The lowest BCUT2D eigenvalue weighted by Crippen LogP contribution is -2.02. The lowest BCUT2D eigenvalue weighted by Gasteiger charge is -2.11. The van der Waals surface area contributed by atoms with Gasteiger partial charge in [-0.25, -0.2) is 8.78 Å². The molecule has 174 valence electrons. The first-order chi connectivity index (χ1) is 16.5. The molecule has 4 aromatic rings. The van der Waals surface area contributed by atoms with E-state index in [1.807, 2.05) is 37.3 Å². The van der Waals surface area contributed by atoms with Crippen molar-refractivity contribution in [2.75, 3.05) is 6.61 Å². The van der Waals surface area contributed by atoms with Crippen molar-refractivity contribution in [3.05, 3.63) is 102 Å². The van der Waals surface area contributed by atoms with Gasteiger partial charge in [-0.15, -0.1) is 0 Å². The topological polar surface area (TPSA) is 29.5 Å². The van der Waals surface area contributed by atoms with E-state index in [1.165, 1.54) is 17.7 Å². The molecule has 34 heavy (non-hydrogen) atoms. The van der Waals surface area contributed by atoms with Crippen LogP contribution >= 0.6 is 8.38 Å². The summed E-state index contributed by atoms with van der Waals surface area (Å²) in [4.78, 5) is 9.99. The quantitative estimate of drug-likeness (QED) is 0.262. The molecule has 4 aromatic carbocycles. The molecule has 4 rings (SSSR count). The molecule has 0 fully saturated rings. The predicted molar refractivity (Wildman–Crippen MR) is 137 cm³/mol. The van der Waals surface area contributed by atoms with Gasteiger partial charge in [0.15, 0.2) is 0 Å². The summed E-state index contributed by atoms with van der Waals surface area (Å²) >= 11 is 0. The summed E-state index contributed by atoms with van der Waals surface area (Å²) in [5.41, 5.74) is 4.95. The van der Waals surface area contributed by atoms with Crippen LogP contribution in [0.1, 0.15) is 25.8 Å². The van der Waals surface area contributed by atoms with E-state index >= 15 is 0 Å². The summed E-state index contributed by atoms with van der Waals surface area (Å²) in [5.74, 6) is -0.729. The number of benzene rings is 4. The maximum absolute atomic E-state index is 15.0. The van der Waals surface area contributed by atoms with Gasteiger partial charge in [0.25, 0.3) is 0 Å². The number of aryl methyl sites for hydroxylation is 1. The first kappa shape index (κ1) is 24.2. The highest BCUT2D eigenvalue weighted by atomic mass is 31.2. The van der Waals surface area contributed by atoms with E-state index in [9.17, 15) is 13.7 Å². The molecule has 0 saturated carbocycles. The minimum atomic E-state index is -1.66. The Balaban J connectivity index is 1.56. The number of halogens is 2. The summed E-state index contributed by atoms with van der Waals surface area (Å²) < 4.78 is 35.2. The van der Waals surface area contributed by atoms with Crippen LogP contribution in [-0.4, -0.2) is 11.5 Å². The van der Waals surface area contributed by atoms with Crippen LogP contribution in [0.25, 0.3) is 33.4 Å². The Morgan fingerprint density at radius 1 is 0.676 bits per heavy atom. The van der Waals surface area contributed by atoms with E-state index in [4.69, 9.17) is 4.52 Å². The van der Waals surface area contributed by atoms with Gasteiger partial charge in [0, 0.05) is 16.4 Å². The van der Waals surface area contributed by atoms with E-state index in [1.54, 1.807) is 42.5 Å². The highest BCUT2D eigenvalue weighted by Gasteiger charge is 2.12. The van der Waals surface area contributed by atoms with Gasteiger partial charge < -0.3 is 9.42 Å². The van der Waals surface area contributed by atoms with Crippen molar-refractivity contribution in [3.8, 4) is 33.4 Å². The smallest absolute Gasteiger partial charge is 0.202 e. The first-order valence-electron chi connectivity index (χ1n) is 11.4. The van der Waals surface area contributed by atoms with E-state index in [2.05, 4.69) is 6.92 Å². The fourth-order valence-electron chi connectivity index (χ4n) is 3.96. The van der Waals surface area contributed by atoms with E-state index in [0.717, 1.165) is 18.4 Å². The zero-order chi connectivity index (χ0) is 24.1. The Morgan fingerprint density at radius 3 is 1.59 bits per heavy atom. The minimum Gasteiger partial charge on any atom is -0.346 e. The SMILES string of the molecule is CCCc1ccc(-c2ccc(-c3ccc(-c4ccc(P(O)OCC)cc4)c(F)c3)cc2F)cc1.